The molecule has 6 heteroatoms. The van der Waals surface area contributed by atoms with E-state index in [0.29, 0.717) is 0 Å². The second-order valence-corrected chi connectivity index (χ2v) is 3.29. The molecule has 0 radical (unpaired) electrons. The van der Waals surface area contributed by atoms with Gasteiger partial charge in [0, 0.05) is 0 Å². The Morgan fingerprint density at radius 3 is 1.43 bits per heavy atom. The minimum atomic E-state index is -1.35. The third-order valence-electron chi connectivity index (χ3n) is 1.59. The summed E-state index contributed by atoms with van der Waals surface area (Å²) >= 11 is 0. The maximum absolute atomic E-state index is 8.81. The monoisotopic (exact) mass is 196 g/mol. The maximum atomic E-state index is 8.81. The molecule has 0 aliphatic carbocycles. The van der Waals surface area contributed by atoms with E-state index in [-0.39, 0.29) is 0 Å². The molecule has 0 aromatic carbocycles. The van der Waals surface area contributed by atoms with Crippen LogP contribution in [-0.4, -0.2) is 34.5 Å². The van der Waals surface area contributed by atoms with Crippen LogP contribution in [0.1, 0.15) is 13.8 Å². The van der Waals surface area contributed by atoms with Gasteiger partial charge in [-0.15, -0.1) is 0 Å². The van der Waals surface area contributed by atoms with Crippen LogP contribution in [0.5, 0.6) is 0 Å². The van der Waals surface area contributed by atoms with Gasteiger partial charge < -0.3 is 10.2 Å². The van der Waals surface area contributed by atoms with Gasteiger partial charge in [-0.05, 0) is 13.8 Å². The number of aliphatic hydroxyl groups excluding tert-OH is 2. The Kier molecular flexibility index (Phi) is 4.16. The fourth-order valence-electron chi connectivity index (χ4n) is 0.399. The lowest BCUT2D eigenvalue weighted by atomic mass is 10.1. The molecular weight excluding hydrogens is 184 g/mol. The fraction of sp³-hybridized carbons (Fsp3) is 0.750. The van der Waals surface area contributed by atoms with E-state index < -0.39 is 24.3 Å². The fourth-order valence-corrected chi connectivity index (χ4v) is 0.399. The Balaban J connectivity index is 4.76. The molecule has 2 N–H and O–H groups in total. The number of azo groups is 1. The van der Waals surface area contributed by atoms with Gasteiger partial charge in [0.05, 0.1) is 25.4 Å². The highest BCUT2D eigenvalue weighted by Crippen LogP contribution is 2.14. The van der Waals surface area contributed by atoms with Crippen molar-refractivity contribution < 1.29 is 10.2 Å². The predicted molar refractivity (Wildman–Crippen MR) is 47.1 cm³/mol. The average molecular weight is 196 g/mol. The summed E-state index contributed by atoms with van der Waals surface area (Å²) in [5, 5.41) is 41.9. The summed E-state index contributed by atoms with van der Waals surface area (Å²) in [5.41, 5.74) is -2.71. The van der Waals surface area contributed by atoms with Crippen molar-refractivity contribution in [2.45, 2.75) is 24.9 Å². The molecule has 0 heterocycles. The molecule has 0 aliphatic rings. The van der Waals surface area contributed by atoms with Crippen LogP contribution in [-0.2, 0) is 0 Å². The quantitative estimate of drug-likeness (QED) is 0.615. The van der Waals surface area contributed by atoms with Crippen molar-refractivity contribution in [1.82, 2.24) is 0 Å². The van der Waals surface area contributed by atoms with E-state index in [2.05, 4.69) is 10.2 Å². The van der Waals surface area contributed by atoms with E-state index in [1.807, 2.05) is 0 Å². The van der Waals surface area contributed by atoms with E-state index in [1.165, 1.54) is 13.8 Å². The van der Waals surface area contributed by atoms with Gasteiger partial charge >= 0.3 is 0 Å². The molecule has 0 amide bonds. The summed E-state index contributed by atoms with van der Waals surface area (Å²) in [6, 6.07) is 3.49. The lowest BCUT2D eigenvalue weighted by molar-refractivity contribution is 0.217. The molecule has 6 nitrogen and oxygen atoms in total. The molecule has 0 bridgehead atoms. The second-order valence-electron chi connectivity index (χ2n) is 3.29. The van der Waals surface area contributed by atoms with Crippen LogP contribution in [0.2, 0.25) is 0 Å². The lowest BCUT2D eigenvalue weighted by Crippen LogP contribution is -2.28. The van der Waals surface area contributed by atoms with Crippen LogP contribution < -0.4 is 0 Å². The van der Waals surface area contributed by atoms with Crippen molar-refractivity contribution in [3.05, 3.63) is 0 Å². The van der Waals surface area contributed by atoms with Crippen LogP contribution in [0.25, 0.3) is 0 Å². The maximum Gasteiger partial charge on any atom is 0.187 e. The Labute approximate surface area is 82.1 Å². The Morgan fingerprint density at radius 2 is 1.29 bits per heavy atom. The molecule has 0 saturated heterocycles. The highest BCUT2D eigenvalue weighted by atomic mass is 16.3. The smallest absolute Gasteiger partial charge is 0.187 e. The minimum Gasteiger partial charge on any atom is -0.393 e. The molecule has 0 rings (SSSR count). The van der Waals surface area contributed by atoms with Crippen LogP contribution in [0.3, 0.4) is 0 Å². The van der Waals surface area contributed by atoms with Crippen LogP contribution in [0.15, 0.2) is 10.2 Å². The lowest BCUT2D eigenvalue weighted by Gasteiger charge is -2.15. The molecule has 0 aromatic heterocycles. The summed E-state index contributed by atoms with van der Waals surface area (Å²) in [4.78, 5) is 0. The van der Waals surface area contributed by atoms with Crippen LogP contribution in [0.4, 0.5) is 0 Å². The zero-order valence-corrected chi connectivity index (χ0v) is 8.10. The topological polar surface area (TPSA) is 113 Å². The summed E-state index contributed by atoms with van der Waals surface area (Å²) in [6.45, 7) is 1.79. The first-order valence-electron chi connectivity index (χ1n) is 3.93. The Hall–Kier alpha value is -1.50. The molecular formula is C8H12N4O2. The van der Waals surface area contributed by atoms with Crippen molar-refractivity contribution in [2.24, 2.45) is 10.2 Å². The standard InChI is InChI=1S/C8H12N4O2/c1-7(3-9,5-13)11-12-8(2,4-10)6-14/h13-14H,5-6H2,1-2H3/t7-,8+. The molecule has 0 unspecified atom stereocenters. The number of rotatable bonds is 4. The Bertz CT molecular complexity index is 273. The van der Waals surface area contributed by atoms with Crippen molar-refractivity contribution >= 4 is 0 Å². The predicted octanol–water partition coefficient (Wildman–Crippen LogP) is -0.0122. The first-order valence-corrected chi connectivity index (χ1v) is 3.93. The van der Waals surface area contributed by atoms with E-state index >= 15 is 0 Å². The molecule has 0 aromatic rings. The number of hydrogen-bond acceptors (Lipinski definition) is 6. The van der Waals surface area contributed by atoms with Gasteiger partial charge in [0.15, 0.2) is 11.1 Å². The molecule has 14 heavy (non-hydrogen) atoms. The van der Waals surface area contributed by atoms with Gasteiger partial charge in [-0.2, -0.15) is 20.8 Å². The van der Waals surface area contributed by atoms with Crippen molar-refractivity contribution in [3.8, 4) is 12.1 Å². The minimum absolute atomic E-state index is 0.486. The van der Waals surface area contributed by atoms with Gasteiger partial charge in [0.2, 0.25) is 0 Å². The first kappa shape index (κ1) is 12.5. The normalized spacial score (nSPS) is 19.3. The van der Waals surface area contributed by atoms with Gasteiger partial charge in [-0.3, -0.25) is 0 Å². The second kappa shape index (κ2) is 4.66. The third kappa shape index (κ3) is 3.09. The third-order valence-corrected chi connectivity index (χ3v) is 1.59. The average Bonchev–Trinajstić information content (AvgIpc) is 2.25. The zero-order valence-electron chi connectivity index (χ0n) is 8.10. The van der Waals surface area contributed by atoms with Gasteiger partial charge in [0.1, 0.15) is 0 Å². The highest BCUT2D eigenvalue weighted by molar-refractivity contribution is 5.07. The van der Waals surface area contributed by atoms with E-state index in [0.717, 1.165) is 0 Å². The van der Waals surface area contributed by atoms with E-state index in [4.69, 9.17) is 20.7 Å². The van der Waals surface area contributed by atoms with Crippen molar-refractivity contribution in [1.29, 1.82) is 10.5 Å². The number of nitrogens with zero attached hydrogens (tertiary/aromatic N) is 4. The first-order chi connectivity index (χ1) is 6.45. The molecule has 0 saturated carbocycles. The molecule has 0 aliphatic heterocycles. The molecule has 0 fully saturated rings. The van der Waals surface area contributed by atoms with Gasteiger partial charge in [-0.25, -0.2) is 0 Å². The molecule has 2 atom stereocenters. The van der Waals surface area contributed by atoms with Crippen LogP contribution >= 0.6 is 0 Å². The zero-order chi connectivity index (χ0) is 11.2. The number of aliphatic hydroxyl groups is 2. The highest BCUT2D eigenvalue weighted by Gasteiger charge is 2.27. The Morgan fingerprint density at radius 1 is 1.00 bits per heavy atom. The van der Waals surface area contributed by atoms with Gasteiger partial charge in [-0.1, -0.05) is 0 Å². The van der Waals surface area contributed by atoms with Gasteiger partial charge in [0.25, 0.3) is 0 Å². The number of nitriles is 2. The van der Waals surface area contributed by atoms with Crippen molar-refractivity contribution in [3.63, 3.8) is 0 Å². The SMILES string of the molecule is C[C@](C#N)(CO)N=N[C@](C)(C#N)CO. The summed E-state index contributed by atoms with van der Waals surface area (Å²) in [6.07, 6.45) is 0. The van der Waals surface area contributed by atoms with Crippen molar-refractivity contribution in [2.75, 3.05) is 13.2 Å². The summed E-state index contributed by atoms with van der Waals surface area (Å²) in [5.74, 6) is 0. The van der Waals surface area contributed by atoms with E-state index in [1.54, 1.807) is 12.1 Å². The van der Waals surface area contributed by atoms with E-state index in [9.17, 15) is 0 Å². The van der Waals surface area contributed by atoms with Crippen LogP contribution in [0, 0.1) is 22.7 Å². The summed E-state index contributed by atoms with van der Waals surface area (Å²) in [7, 11) is 0. The molecule has 76 valence electrons. The largest absolute Gasteiger partial charge is 0.393 e. The molecule has 0 spiro atoms. The summed E-state index contributed by atoms with van der Waals surface area (Å²) < 4.78 is 0. The number of hydrogen-bond donors (Lipinski definition) is 2.